The third-order valence-electron chi connectivity index (χ3n) is 4.36. The summed E-state index contributed by atoms with van der Waals surface area (Å²) in [7, 11) is 1.77. The van der Waals surface area contributed by atoms with Gasteiger partial charge in [0.2, 0.25) is 0 Å². The van der Waals surface area contributed by atoms with Crippen LogP contribution in [-0.2, 0) is 15.6 Å². The molecule has 0 spiro atoms. The SMILES string of the molecule is COCC(C)(C)c1ccccc1C1(C(C)N)CC1. The van der Waals surface area contributed by atoms with Crippen LogP contribution in [0, 0.1) is 0 Å². The number of hydrogen-bond donors (Lipinski definition) is 1. The van der Waals surface area contributed by atoms with Gasteiger partial charge in [0.25, 0.3) is 0 Å². The highest BCUT2D eigenvalue weighted by atomic mass is 16.5. The summed E-state index contributed by atoms with van der Waals surface area (Å²) >= 11 is 0. The third kappa shape index (κ3) is 2.19. The zero-order valence-corrected chi connectivity index (χ0v) is 12.0. The van der Waals surface area contributed by atoms with E-state index in [2.05, 4.69) is 45.0 Å². The van der Waals surface area contributed by atoms with Crippen molar-refractivity contribution in [1.29, 1.82) is 0 Å². The molecule has 1 fully saturated rings. The fourth-order valence-electron chi connectivity index (χ4n) is 3.05. The maximum atomic E-state index is 6.22. The second-order valence-electron chi connectivity index (χ2n) is 6.31. The Morgan fingerprint density at radius 2 is 1.94 bits per heavy atom. The Balaban J connectivity index is 2.44. The van der Waals surface area contributed by atoms with Gasteiger partial charge in [-0.1, -0.05) is 38.1 Å². The summed E-state index contributed by atoms with van der Waals surface area (Å²) in [4.78, 5) is 0. The van der Waals surface area contributed by atoms with E-state index >= 15 is 0 Å². The van der Waals surface area contributed by atoms with E-state index in [1.165, 1.54) is 24.0 Å². The van der Waals surface area contributed by atoms with Crippen LogP contribution in [0.5, 0.6) is 0 Å². The molecule has 1 aliphatic rings. The summed E-state index contributed by atoms with van der Waals surface area (Å²) in [5, 5.41) is 0. The quantitative estimate of drug-likeness (QED) is 0.868. The van der Waals surface area contributed by atoms with Crippen LogP contribution in [0.2, 0.25) is 0 Å². The van der Waals surface area contributed by atoms with Crippen LogP contribution in [0.15, 0.2) is 24.3 Å². The Bertz CT molecular complexity index is 419. The minimum absolute atomic E-state index is 0.0375. The van der Waals surface area contributed by atoms with E-state index in [1.807, 2.05) is 0 Å². The van der Waals surface area contributed by atoms with Crippen molar-refractivity contribution in [3.05, 3.63) is 35.4 Å². The van der Waals surface area contributed by atoms with Crippen LogP contribution in [0.1, 0.15) is 44.7 Å². The number of hydrogen-bond acceptors (Lipinski definition) is 2. The molecule has 0 radical (unpaired) electrons. The average molecular weight is 247 g/mol. The van der Waals surface area contributed by atoms with Gasteiger partial charge in [-0.25, -0.2) is 0 Å². The summed E-state index contributed by atoms with van der Waals surface area (Å²) < 4.78 is 5.38. The maximum Gasteiger partial charge on any atom is 0.0553 e. The molecule has 2 N–H and O–H groups in total. The molecule has 1 aliphatic carbocycles. The molecule has 1 saturated carbocycles. The van der Waals surface area contributed by atoms with Gasteiger partial charge in [0.1, 0.15) is 0 Å². The van der Waals surface area contributed by atoms with Crippen molar-refractivity contribution >= 4 is 0 Å². The van der Waals surface area contributed by atoms with Crippen molar-refractivity contribution in [2.45, 2.75) is 50.5 Å². The standard InChI is InChI=1S/C16H25NO/c1-12(17)16(9-10-16)14-8-6-5-7-13(14)15(2,3)11-18-4/h5-8,12H,9-11,17H2,1-4H3. The third-order valence-corrected chi connectivity index (χ3v) is 4.36. The number of rotatable bonds is 5. The molecule has 100 valence electrons. The normalized spacial score (nSPS) is 19.6. The number of benzene rings is 1. The highest BCUT2D eigenvalue weighted by Crippen LogP contribution is 2.52. The van der Waals surface area contributed by atoms with Gasteiger partial charge in [0.15, 0.2) is 0 Å². The summed E-state index contributed by atoms with van der Waals surface area (Å²) in [6, 6.07) is 8.95. The number of ether oxygens (including phenoxy) is 1. The first kappa shape index (κ1) is 13.6. The second kappa shape index (κ2) is 4.67. The van der Waals surface area contributed by atoms with Crippen LogP contribution >= 0.6 is 0 Å². The molecule has 2 heteroatoms. The summed E-state index contributed by atoms with van der Waals surface area (Å²) in [5.74, 6) is 0. The van der Waals surface area contributed by atoms with Crippen molar-refractivity contribution in [3.8, 4) is 0 Å². The van der Waals surface area contributed by atoms with E-state index in [-0.39, 0.29) is 16.9 Å². The van der Waals surface area contributed by atoms with Gasteiger partial charge in [-0.2, -0.15) is 0 Å². The van der Waals surface area contributed by atoms with Gasteiger partial charge >= 0.3 is 0 Å². The lowest BCUT2D eigenvalue weighted by molar-refractivity contribution is 0.146. The first-order valence-corrected chi connectivity index (χ1v) is 6.78. The summed E-state index contributed by atoms with van der Waals surface area (Å²) in [6.07, 6.45) is 2.43. The Hall–Kier alpha value is -0.860. The monoisotopic (exact) mass is 247 g/mol. The van der Waals surface area contributed by atoms with Crippen molar-refractivity contribution in [3.63, 3.8) is 0 Å². The first-order valence-electron chi connectivity index (χ1n) is 6.78. The molecule has 0 saturated heterocycles. The molecular formula is C16H25NO. The molecule has 0 aromatic heterocycles. The molecule has 1 unspecified atom stereocenters. The van der Waals surface area contributed by atoms with Crippen LogP contribution in [0.4, 0.5) is 0 Å². The molecule has 2 rings (SSSR count). The van der Waals surface area contributed by atoms with E-state index in [1.54, 1.807) is 7.11 Å². The van der Waals surface area contributed by atoms with Crippen molar-refractivity contribution in [2.75, 3.05) is 13.7 Å². The first-order chi connectivity index (χ1) is 8.44. The topological polar surface area (TPSA) is 35.2 Å². The lowest BCUT2D eigenvalue weighted by Crippen LogP contribution is -2.35. The number of nitrogens with two attached hydrogens (primary N) is 1. The van der Waals surface area contributed by atoms with E-state index in [0.29, 0.717) is 0 Å². The molecule has 1 aromatic carbocycles. The molecule has 1 aromatic rings. The predicted octanol–water partition coefficient (Wildman–Crippen LogP) is 2.99. The molecular weight excluding hydrogens is 222 g/mol. The Kier molecular flexibility index (Phi) is 3.52. The molecule has 18 heavy (non-hydrogen) atoms. The molecule has 0 aliphatic heterocycles. The zero-order chi connectivity index (χ0) is 13.4. The van der Waals surface area contributed by atoms with E-state index in [0.717, 1.165) is 6.61 Å². The van der Waals surface area contributed by atoms with Crippen LogP contribution < -0.4 is 5.73 Å². The van der Waals surface area contributed by atoms with Crippen LogP contribution in [-0.4, -0.2) is 19.8 Å². The molecule has 0 amide bonds. The van der Waals surface area contributed by atoms with Crippen molar-refractivity contribution in [2.24, 2.45) is 5.73 Å². The highest BCUT2D eigenvalue weighted by Gasteiger charge is 2.49. The molecule has 1 atom stereocenters. The van der Waals surface area contributed by atoms with E-state index < -0.39 is 0 Å². The van der Waals surface area contributed by atoms with E-state index in [9.17, 15) is 0 Å². The second-order valence-corrected chi connectivity index (χ2v) is 6.31. The average Bonchev–Trinajstić information content (AvgIpc) is 3.10. The van der Waals surface area contributed by atoms with Crippen molar-refractivity contribution < 1.29 is 4.74 Å². The maximum absolute atomic E-state index is 6.22. The van der Waals surface area contributed by atoms with Crippen molar-refractivity contribution in [1.82, 2.24) is 0 Å². The smallest absolute Gasteiger partial charge is 0.0553 e. The van der Waals surface area contributed by atoms with Gasteiger partial charge < -0.3 is 10.5 Å². The van der Waals surface area contributed by atoms with Gasteiger partial charge in [-0.3, -0.25) is 0 Å². The number of methoxy groups -OCH3 is 1. The Labute approximate surface area is 111 Å². The molecule has 0 bridgehead atoms. The minimum atomic E-state index is 0.0375. The van der Waals surface area contributed by atoms with Crippen LogP contribution in [0.3, 0.4) is 0 Å². The lowest BCUT2D eigenvalue weighted by atomic mass is 9.76. The summed E-state index contributed by atoms with van der Waals surface area (Å²) in [5.41, 5.74) is 9.29. The fraction of sp³-hybridized carbons (Fsp3) is 0.625. The lowest BCUT2D eigenvalue weighted by Gasteiger charge is -2.31. The minimum Gasteiger partial charge on any atom is -0.384 e. The van der Waals surface area contributed by atoms with Gasteiger partial charge in [-0.05, 0) is 30.9 Å². The summed E-state index contributed by atoms with van der Waals surface area (Å²) in [6.45, 7) is 7.35. The highest BCUT2D eigenvalue weighted by molar-refractivity contribution is 5.43. The zero-order valence-electron chi connectivity index (χ0n) is 12.0. The largest absolute Gasteiger partial charge is 0.384 e. The predicted molar refractivity (Wildman–Crippen MR) is 75.9 cm³/mol. The van der Waals surface area contributed by atoms with Crippen LogP contribution in [0.25, 0.3) is 0 Å². The Morgan fingerprint density at radius 3 is 2.44 bits per heavy atom. The van der Waals surface area contributed by atoms with Gasteiger partial charge in [0, 0.05) is 24.0 Å². The molecule has 2 nitrogen and oxygen atoms in total. The fourth-order valence-corrected chi connectivity index (χ4v) is 3.05. The van der Waals surface area contributed by atoms with E-state index in [4.69, 9.17) is 10.5 Å². The van der Waals surface area contributed by atoms with Gasteiger partial charge in [0.05, 0.1) is 6.61 Å². The Morgan fingerprint density at radius 1 is 1.33 bits per heavy atom. The molecule has 0 heterocycles. The van der Waals surface area contributed by atoms with Gasteiger partial charge in [-0.15, -0.1) is 0 Å².